The molecule has 0 bridgehead atoms. The van der Waals surface area contributed by atoms with Gasteiger partial charge in [-0.25, -0.2) is 9.97 Å². The molecule has 2 aromatic heterocycles. The number of nitrogens with one attached hydrogen (secondary N) is 2. The Kier molecular flexibility index (Phi) is 5.20. The zero-order chi connectivity index (χ0) is 20.3. The monoisotopic (exact) mass is 397 g/mol. The van der Waals surface area contributed by atoms with Crippen LogP contribution in [0.3, 0.4) is 0 Å². The summed E-state index contributed by atoms with van der Waals surface area (Å²) in [7, 11) is 0. The number of hydrogen-bond donors (Lipinski definition) is 2. The maximum absolute atomic E-state index is 4.96. The lowest BCUT2D eigenvalue weighted by Crippen LogP contribution is -2.23. The Morgan fingerprint density at radius 3 is 2.50 bits per heavy atom. The van der Waals surface area contributed by atoms with E-state index < -0.39 is 0 Å². The number of H-pyrrole nitrogens is 2. The number of aromatic amines is 2. The van der Waals surface area contributed by atoms with Crippen LogP contribution >= 0.6 is 0 Å². The van der Waals surface area contributed by atoms with E-state index in [0.717, 1.165) is 55.2 Å². The Balaban J connectivity index is 1.39. The number of nitrogens with zero attached hydrogens (tertiary/aromatic N) is 3. The fourth-order valence-corrected chi connectivity index (χ4v) is 4.22. The van der Waals surface area contributed by atoms with Gasteiger partial charge in [0.2, 0.25) is 0 Å². The molecule has 0 radical (unpaired) electrons. The van der Waals surface area contributed by atoms with Gasteiger partial charge in [0.05, 0.1) is 29.8 Å². The number of aromatic nitrogens is 4. The summed E-state index contributed by atoms with van der Waals surface area (Å²) in [5.41, 5.74) is 5.86. The number of imidazole rings is 2. The molecule has 1 aliphatic carbocycles. The van der Waals surface area contributed by atoms with E-state index in [4.69, 9.17) is 9.97 Å². The number of para-hydroxylation sites is 2. The van der Waals surface area contributed by atoms with Gasteiger partial charge in [0.15, 0.2) is 0 Å². The van der Waals surface area contributed by atoms with E-state index in [2.05, 4.69) is 76.4 Å². The van der Waals surface area contributed by atoms with Crippen molar-refractivity contribution in [2.45, 2.75) is 39.4 Å². The molecular formula is C25H27N5. The molecule has 1 unspecified atom stereocenters. The summed E-state index contributed by atoms with van der Waals surface area (Å²) < 4.78 is 0. The Labute approximate surface area is 176 Å². The van der Waals surface area contributed by atoms with E-state index in [0.29, 0.717) is 5.92 Å². The minimum atomic E-state index is 0.540. The number of allylic oxidation sites excluding steroid dienone is 2. The molecule has 4 aromatic rings. The standard InChI is InChI=1S/C25H27N5/c1-18-8-7-13-22-23(14-18)29-25(28-22)17-30(15-19-9-3-2-4-10-19)16-24-26-20-11-5-6-12-21(20)27-24/h2-12,18H,13-17H2,1H3,(H,26,27)(H,28,29). The van der Waals surface area contributed by atoms with E-state index in [1.807, 2.05) is 12.1 Å². The lowest BCUT2D eigenvalue weighted by Gasteiger charge is -2.20. The summed E-state index contributed by atoms with van der Waals surface area (Å²) in [6.07, 6.45) is 6.49. The van der Waals surface area contributed by atoms with Gasteiger partial charge in [-0.3, -0.25) is 4.90 Å². The van der Waals surface area contributed by atoms with Crippen molar-refractivity contribution in [1.82, 2.24) is 24.8 Å². The second-order valence-electron chi connectivity index (χ2n) is 8.25. The van der Waals surface area contributed by atoms with Crippen LogP contribution in [-0.2, 0) is 32.5 Å². The first-order valence-corrected chi connectivity index (χ1v) is 10.7. The topological polar surface area (TPSA) is 60.6 Å². The van der Waals surface area contributed by atoms with Crippen LogP contribution in [0.4, 0.5) is 0 Å². The third-order valence-corrected chi connectivity index (χ3v) is 5.65. The van der Waals surface area contributed by atoms with Gasteiger partial charge in [-0.15, -0.1) is 0 Å². The molecule has 1 aliphatic rings. The fourth-order valence-electron chi connectivity index (χ4n) is 4.22. The molecule has 5 nitrogen and oxygen atoms in total. The average molecular weight is 398 g/mol. The number of benzene rings is 2. The minimum Gasteiger partial charge on any atom is -0.344 e. The van der Waals surface area contributed by atoms with E-state index in [1.54, 1.807) is 0 Å². The normalized spacial score (nSPS) is 16.1. The molecule has 30 heavy (non-hydrogen) atoms. The van der Waals surface area contributed by atoms with Crippen LogP contribution in [0.2, 0.25) is 0 Å². The fraction of sp³-hybridized carbons (Fsp3) is 0.280. The van der Waals surface area contributed by atoms with Crippen molar-refractivity contribution in [2.24, 2.45) is 5.92 Å². The second-order valence-corrected chi connectivity index (χ2v) is 8.25. The highest BCUT2D eigenvalue weighted by Gasteiger charge is 2.17. The number of fused-ring (bicyclic) bond motifs is 2. The third kappa shape index (κ3) is 4.21. The van der Waals surface area contributed by atoms with Crippen molar-refractivity contribution in [3.8, 4) is 0 Å². The van der Waals surface area contributed by atoms with E-state index >= 15 is 0 Å². The maximum Gasteiger partial charge on any atom is 0.121 e. The Morgan fingerprint density at radius 1 is 0.900 bits per heavy atom. The van der Waals surface area contributed by atoms with Gasteiger partial charge in [-0.05, 0) is 30.0 Å². The van der Waals surface area contributed by atoms with Crippen LogP contribution in [0.15, 0.2) is 66.7 Å². The lowest BCUT2D eigenvalue weighted by atomic mass is 10.1. The smallest absolute Gasteiger partial charge is 0.121 e. The quantitative estimate of drug-likeness (QED) is 0.460. The van der Waals surface area contributed by atoms with Crippen LogP contribution in [0.1, 0.15) is 35.5 Å². The molecule has 2 aromatic carbocycles. The van der Waals surface area contributed by atoms with E-state index in [1.165, 1.54) is 17.0 Å². The molecule has 0 amide bonds. The zero-order valence-corrected chi connectivity index (χ0v) is 17.3. The zero-order valence-electron chi connectivity index (χ0n) is 17.3. The Hall–Kier alpha value is -3.18. The largest absolute Gasteiger partial charge is 0.344 e. The molecule has 1 atom stereocenters. The molecule has 2 heterocycles. The van der Waals surface area contributed by atoms with E-state index in [-0.39, 0.29) is 0 Å². The van der Waals surface area contributed by atoms with Gasteiger partial charge in [0.1, 0.15) is 11.6 Å². The predicted octanol–water partition coefficient (Wildman–Crippen LogP) is 4.78. The highest BCUT2D eigenvalue weighted by atomic mass is 15.2. The third-order valence-electron chi connectivity index (χ3n) is 5.65. The van der Waals surface area contributed by atoms with Crippen LogP contribution in [0, 0.1) is 5.92 Å². The SMILES string of the molecule is CC1C=CCc2[nH]c(CN(Cc3ccccc3)Cc3nc4ccccc4[nH]3)nc2C1. The highest BCUT2D eigenvalue weighted by molar-refractivity contribution is 5.74. The van der Waals surface area contributed by atoms with Crippen LogP contribution in [-0.4, -0.2) is 24.8 Å². The molecule has 2 N–H and O–H groups in total. The van der Waals surface area contributed by atoms with Crippen molar-refractivity contribution in [1.29, 1.82) is 0 Å². The summed E-state index contributed by atoms with van der Waals surface area (Å²) in [6, 6.07) is 18.8. The second kappa shape index (κ2) is 8.28. The first kappa shape index (κ1) is 18.8. The van der Waals surface area contributed by atoms with Gasteiger partial charge >= 0.3 is 0 Å². The number of hydrogen-bond acceptors (Lipinski definition) is 3. The van der Waals surface area contributed by atoms with Crippen molar-refractivity contribution < 1.29 is 0 Å². The van der Waals surface area contributed by atoms with Crippen molar-refractivity contribution in [3.05, 3.63) is 95.3 Å². The van der Waals surface area contributed by atoms with Crippen LogP contribution in [0.5, 0.6) is 0 Å². The van der Waals surface area contributed by atoms with Gasteiger partial charge in [0, 0.05) is 18.7 Å². The van der Waals surface area contributed by atoms with Gasteiger partial charge < -0.3 is 9.97 Å². The number of rotatable bonds is 6. The maximum atomic E-state index is 4.96. The lowest BCUT2D eigenvalue weighted by molar-refractivity contribution is 0.236. The summed E-state index contributed by atoms with van der Waals surface area (Å²) in [6.45, 7) is 4.60. The summed E-state index contributed by atoms with van der Waals surface area (Å²) in [5, 5.41) is 0. The molecule has 5 heteroatoms. The highest BCUT2D eigenvalue weighted by Crippen LogP contribution is 2.20. The van der Waals surface area contributed by atoms with Crippen molar-refractivity contribution in [3.63, 3.8) is 0 Å². The van der Waals surface area contributed by atoms with Crippen LogP contribution < -0.4 is 0 Å². The van der Waals surface area contributed by atoms with Gasteiger partial charge in [0.25, 0.3) is 0 Å². The van der Waals surface area contributed by atoms with Gasteiger partial charge in [-0.1, -0.05) is 61.5 Å². The molecule has 5 rings (SSSR count). The molecule has 0 fully saturated rings. The first-order chi connectivity index (χ1) is 14.7. The Bertz CT molecular complexity index is 1120. The average Bonchev–Trinajstić information content (AvgIpc) is 3.27. The van der Waals surface area contributed by atoms with Crippen molar-refractivity contribution >= 4 is 11.0 Å². The van der Waals surface area contributed by atoms with E-state index in [9.17, 15) is 0 Å². The molecule has 0 aliphatic heterocycles. The minimum absolute atomic E-state index is 0.540. The molecule has 152 valence electrons. The Morgan fingerprint density at radius 2 is 1.67 bits per heavy atom. The van der Waals surface area contributed by atoms with Crippen LogP contribution in [0.25, 0.3) is 11.0 Å². The molecule has 0 saturated carbocycles. The molecule has 0 saturated heterocycles. The molecule has 0 spiro atoms. The van der Waals surface area contributed by atoms with Gasteiger partial charge in [-0.2, -0.15) is 0 Å². The van der Waals surface area contributed by atoms with Crippen molar-refractivity contribution in [2.75, 3.05) is 0 Å². The summed E-state index contributed by atoms with van der Waals surface area (Å²) in [4.78, 5) is 19.2. The summed E-state index contributed by atoms with van der Waals surface area (Å²) in [5.74, 6) is 2.56. The first-order valence-electron chi connectivity index (χ1n) is 10.7. The molecular weight excluding hydrogens is 370 g/mol. The summed E-state index contributed by atoms with van der Waals surface area (Å²) >= 11 is 0. The predicted molar refractivity (Wildman–Crippen MR) is 120 cm³/mol.